The van der Waals surface area contributed by atoms with E-state index < -0.39 is 0 Å². The number of rotatable bonds is 4. The third-order valence-electron chi connectivity index (χ3n) is 3.32. The van der Waals surface area contributed by atoms with E-state index in [1.54, 1.807) is 12.3 Å². The smallest absolute Gasteiger partial charge is 0.224 e. The van der Waals surface area contributed by atoms with Crippen LogP contribution in [-0.4, -0.2) is 15.9 Å². The molecular formula is C16H14ClN3O. The lowest BCUT2D eigenvalue weighted by atomic mass is 10.1. The first-order chi connectivity index (χ1) is 10.2. The second-order valence-corrected chi connectivity index (χ2v) is 5.17. The first-order valence-electron chi connectivity index (χ1n) is 6.65. The van der Waals surface area contributed by atoms with E-state index in [2.05, 4.69) is 15.3 Å². The van der Waals surface area contributed by atoms with Crippen molar-refractivity contribution in [1.29, 1.82) is 0 Å². The second-order valence-electron chi connectivity index (χ2n) is 4.76. The predicted octanol–water partition coefficient (Wildman–Crippen LogP) is 3.08. The van der Waals surface area contributed by atoms with Crippen molar-refractivity contribution in [2.45, 2.75) is 13.0 Å². The van der Waals surface area contributed by atoms with E-state index in [-0.39, 0.29) is 12.3 Å². The summed E-state index contributed by atoms with van der Waals surface area (Å²) in [5.74, 6) is -0.0543. The largest absolute Gasteiger partial charge is 0.352 e. The molecule has 5 heteroatoms. The number of halogens is 1. The van der Waals surface area contributed by atoms with Crippen molar-refractivity contribution in [3.8, 4) is 0 Å². The number of fused-ring (bicyclic) bond motifs is 1. The van der Waals surface area contributed by atoms with Gasteiger partial charge in [-0.1, -0.05) is 29.8 Å². The van der Waals surface area contributed by atoms with Gasteiger partial charge in [0, 0.05) is 29.3 Å². The molecule has 2 heterocycles. The van der Waals surface area contributed by atoms with Crippen LogP contribution in [0, 0.1) is 0 Å². The average Bonchev–Trinajstić information content (AvgIpc) is 2.91. The van der Waals surface area contributed by atoms with Gasteiger partial charge in [0.15, 0.2) is 0 Å². The standard InChI is InChI=1S/C16H14ClN3O/c17-14-6-2-1-4-11(14)8-15(21)19-9-12-10-20-16-13(12)5-3-7-18-16/h1-7,10H,8-9H2,(H,18,20)(H,19,21). The van der Waals surface area contributed by atoms with Gasteiger partial charge in [-0.15, -0.1) is 0 Å². The van der Waals surface area contributed by atoms with Crippen molar-refractivity contribution in [2.75, 3.05) is 0 Å². The lowest BCUT2D eigenvalue weighted by Crippen LogP contribution is -2.24. The van der Waals surface area contributed by atoms with Crippen LogP contribution in [-0.2, 0) is 17.8 Å². The van der Waals surface area contributed by atoms with Crippen LogP contribution in [0.15, 0.2) is 48.8 Å². The maximum Gasteiger partial charge on any atom is 0.224 e. The summed E-state index contributed by atoms with van der Waals surface area (Å²) in [6.07, 6.45) is 3.88. The fraction of sp³-hybridized carbons (Fsp3) is 0.125. The molecule has 0 spiro atoms. The Morgan fingerprint density at radius 3 is 2.90 bits per heavy atom. The van der Waals surface area contributed by atoms with Gasteiger partial charge in [-0.25, -0.2) is 4.98 Å². The van der Waals surface area contributed by atoms with Gasteiger partial charge in [0.05, 0.1) is 6.42 Å². The van der Waals surface area contributed by atoms with Crippen LogP contribution in [0.5, 0.6) is 0 Å². The lowest BCUT2D eigenvalue weighted by molar-refractivity contribution is -0.120. The minimum Gasteiger partial charge on any atom is -0.352 e. The molecule has 0 unspecified atom stereocenters. The highest BCUT2D eigenvalue weighted by Crippen LogP contribution is 2.17. The highest BCUT2D eigenvalue weighted by atomic mass is 35.5. The summed E-state index contributed by atoms with van der Waals surface area (Å²) in [7, 11) is 0. The summed E-state index contributed by atoms with van der Waals surface area (Å²) in [5, 5.41) is 4.55. The molecule has 106 valence electrons. The number of aromatic nitrogens is 2. The van der Waals surface area contributed by atoms with Gasteiger partial charge in [0.25, 0.3) is 0 Å². The van der Waals surface area contributed by atoms with Gasteiger partial charge in [0.1, 0.15) is 5.65 Å². The topological polar surface area (TPSA) is 57.8 Å². The maximum absolute atomic E-state index is 12.0. The molecule has 0 saturated carbocycles. The van der Waals surface area contributed by atoms with Crippen LogP contribution in [0.4, 0.5) is 0 Å². The van der Waals surface area contributed by atoms with E-state index in [0.717, 1.165) is 22.2 Å². The number of hydrogen-bond acceptors (Lipinski definition) is 2. The number of carbonyl (C=O) groups is 1. The van der Waals surface area contributed by atoms with E-state index >= 15 is 0 Å². The van der Waals surface area contributed by atoms with Crippen LogP contribution in [0.25, 0.3) is 11.0 Å². The Morgan fingerprint density at radius 2 is 2.05 bits per heavy atom. The molecule has 4 nitrogen and oxygen atoms in total. The highest BCUT2D eigenvalue weighted by molar-refractivity contribution is 6.31. The van der Waals surface area contributed by atoms with Crippen molar-refractivity contribution in [3.05, 3.63) is 64.9 Å². The van der Waals surface area contributed by atoms with Crippen LogP contribution in [0.3, 0.4) is 0 Å². The monoisotopic (exact) mass is 299 g/mol. The summed E-state index contributed by atoms with van der Waals surface area (Å²) in [5.41, 5.74) is 2.68. The normalized spacial score (nSPS) is 10.7. The third kappa shape index (κ3) is 3.06. The molecule has 2 aromatic heterocycles. The average molecular weight is 300 g/mol. The number of pyridine rings is 1. The summed E-state index contributed by atoms with van der Waals surface area (Å²) < 4.78 is 0. The lowest BCUT2D eigenvalue weighted by Gasteiger charge is -2.06. The Balaban J connectivity index is 1.65. The molecule has 0 fully saturated rings. The van der Waals surface area contributed by atoms with Crippen LogP contribution < -0.4 is 5.32 Å². The summed E-state index contributed by atoms with van der Waals surface area (Å²) in [6.45, 7) is 0.467. The number of aromatic amines is 1. The minimum absolute atomic E-state index is 0.0543. The molecule has 0 aliphatic heterocycles. The van der Waals surface area contributed by atoms with Gasteiger partial charge < -0.3 is 10.3 Å². The Hall–Kier alpha value is -2.33. The first kappa shape index (κ1) is 13.6. The van der Waals surface area contributed by atoms with E-state index in [0.29, 0.717) is 11.6 Å². The van der Waals surface area contributed by atoms with Crippen LogP contribution >= 0.6 is 11.6 Å². The van der Waals surface area contributed by atoms with Crippen molar-refractivity contribution in [3.63, 3.8) is 0 Å². The maximum atomic E-state index is 12.0. The second kappa shape index (κ2) is 5.97. The Morgan fingerprint density at radius 1 is 1.19 bits per heavy atom. The van der Waals surface area contributed by atoms with E-state index in [9.17, 15) is 4.79 Å². The van der Waals surface area contributed by atoms with Crippen molar-refractivity contribution in [2.24, 2.45) is 0 Å². The van der Waals surface area contributed by atoms with Crippen LogP contribution in [0.2, 0.25) is 5.02 Å². The molecule has 0 bridgehead atoms. The van der Waals surface area contributed by atoms with E-state index in [1.165, 1.54) is 0 Å². The molecule has 3 rings (SSSR count). The molecule has 0 atom stereocenters. The Labute approximate surface area is 127 Å². The predicted molar refractivity (Wildman–Crippen MR) is 83.1 cm³/mol. The number of amides is 1. The SMILES string of the molecule is O=C(Cc1ccccc1Cl)NCc1c[nH]c2ncccc12. The summed E-state index contributed by atoms with van der Waals surface area (Å²) >= 11 is 6.05. The van der Waals surface area contributed by atoms with Gasteiger partial charge >= 0.3 is 0 Å². The van der Waals surface area contributed by atoms with Crippen molar-refractivity contribution >= 4 is 28.5 Å². The van der Waals surface area contributed by atoms with Gasteiger partial charge in [-0.05, 0) is 29.3 Å². The molecule has 2 N–H and O–H groups in total. The van der Waals surface area contributed by atoms with Gasteiger partial charge in [-0.3, -0.25) is 4.79 Å². The summed E-state index contributed by atoms with van der Waals surface area (Å²) in [6, 6.07) is 11.2. The molecule has 0 saturated heterocycles. The number of carbonyl (C=O) groups excluding carboxylic acids is 1. The number of H-pyrrole nitrogens is 1. The number of hydrogen-bond donors (Lipinski definition) is 2. The molecule has 0 radical (unpaired) electrons. The molecule has 0 aliphatic rings. The van der Waals surface area contributed by atoms with Crippen molar-refractivity contribution in [1.82, 2.24) is 15.3 Å². The van der Waals surface area contributed by atoms with Gasteiger partial charge in [-0.2, -0.15) is 0 Å². The molecule has 0 aliphatic carbocycles. The first-order valence-corrected chi connectivity index (χ1v) is 7.03. The quantitative estimate of drug-likeness (QED) is 0.778. The van der Waals surface area contributed by atoms with Gasteiger partial charge in [0.2, 0.25) is 5.91 Å². The highest BCUT2D eigenvalue weighted by Gasteiger charge is 2.08. The third-order valence-corrected chi connectivity index (χ3v) is 3.69. The fourth-order valence-electron chi connectivity index (χ4n) is 2.23. The Kier molecular flexibility index (Phi) is 3.88. The van der Waals surface area contributed by atoms with E-state index in [4.69, 9.17) is 11.6 Å². The minimum atomic E-state index is -0.0543. The zero-order chi connectivity index (χ0) is 14.7. The number of nitrogens with zero attached hydrogens (tertiary/aromatic N) is 1. The zero-order valence-electron chi connectivity index (χ0n) is 11.3. The fourth-order valence-corrected chi connectivity index (χ4v) is 2.43. The Bertz CT molecular complexity index is 782. The van der Waals surface area contributed by atoms with E-state index in [1.807, 2.05) is 36.5 Å². The van der Waals surface area contributed by atoms with Crippen LogP contribution in [0.1, 0.15) is 11.1 Å². The number of nitrogens with one attached hydrogen (secondary N) is 2. The molecule has 21 heavy (non-hydrogen) atoms. The molecule has 3 aromatic rings. The molecule has 1 aromatic carbocycles. The van der Waals surface area contributed by atoms with Crippen molar-refractivity contribution < 1.29 is 4.79 Å². The zero-order valence-corrected chi connectivity index (χ0v) is 12.0. The summed E-state index contributed by atoms with van der Waals surface area (Å²) in [4.78, 5) is 19.3. The number of benzene rings is 1. The molecular weight excluding hydrogens is 286 g/mol. The molecule has 1 amide bonds.